The molecule has 2 heterocycles. The summed E-state index contributed by atoms with van der Waals surface area (Å²) in [4.78, 5) is 38.9. The summed E-state index contributed by atoms with van der Waals surface area (Å²) >= 11 is 0. The summed E-state index contributed by atoms with van der Waals surface area (Å²) in [6, 6.07) is 9.69. The lowest BCUT2D eigenvalue weighted by atomic mass is 9.69. The van der Waals surface area contributed by atoms with E-state index >= 15 is 0 Å². The maximum atomic E-state index is 13.1. The zero-order chi connectivity index (χ0) is 29.6. The van der Waals surface area contributed by atoms with Gasteiger partial charge in [0.1, 0.15) is 35.2 Å². The Morgan fingerprint density at radius 3 is 1.88 bits per heavy atom. The Balaban J connectivity index is 1.46. The van der Waals surface area contributed by atoms with Crippen LogP contribution in [-0.2, 0) is 19.1 Å². The fourth-order valence-electron chi connectivity index (χ4n) is 6.69. The first-order chi connectivity index (χ1) is 19.3. The number of fused-ring (bicyclic) bond motifs is 4. The van der Waals surface area contributed by atoms with Crippen LogP contribution >= 0.6 is 0 Å². The molecule has 41 heavy (non-hydrogen) atoms. The van der Waals surface area contributed by atoms with E-state index < -0.39 is 46.8 Å². The van der Waals surface area contributed by atoms with Crippen molar-refractivity contribution in [2.45, 2.75) is 57.0 Å². The Bertz CT molecular complexity index is 1600. The van der Waals surface area contributed by atoms with E-state index in [4.69, 9.17) is 14.2 Å². The van der Waals surface area contributed by atoms with E-state index in [1.165, 1.54) is 6.07 Å². The Morgan fingerprint density at radius 2 is 1.32 bits per heavy atom. The average Bonchev–Trinajstić information content (AvgIpc) is 2.93. The predicted octanol–water partition coefficient (Wildman–Crippen LogP) is 3.29. The van der Waals surface area contributed by atoms with Gasteiger partial charge in [0.15, 0.2) is 17.2 Å². The van der Waals surface area contributed by atoms with Crippen LogP contribution in [0, 0.1) is 11.8 Å². The van der Waals surface area contributed by atoms with Crippen molar-refractivity contribution in [2.75, 3.05) is 7.11 Å². The Morgan fingerprint density at radius 1 is 0.829 bits per heavy atom. The van der Waals surface area contributed by atoms with E-state index in [1.54, 1.807) is 51.1 Å². The van der Waals surface area contributed by atoms with Crippen LogP contribution in [-0.4, -0.2) is 68.5 Å². The number of Topliss-reactive ketones (excluding diaryl/α,β-unsaturated/α-hetero) is 2. The summed E-state index contributed by atoms with van der Waals surface area (Å²) in [5.41, 5.74) is -2.39. The molecule has 6 rings (SSSR count). The summed E-state index contributed by atoms with van der Waals surface area (Å²) in [6.07, 6.45) is -2.46. The summed E-state index contributed by atoms with van der Waals surface area (Å²) < 4.78 is 17.0. The molecule has 0 radical (unpaired) electrons. The first kappa shape index (κ1) is 27.0. The lowest BCUT2D eigenvalue weighted by Crippen LogP contribution is -2.64. The first-order valence-corrected chi connectivity index (χ1v) is 13.4. The summed E-state index contributed by atoms with van der Waals surface area (Å²) in [5, 5.41) is 44.4. The predicted molar refractivity (Wildman–Crippen MR) is 145 cm³/mol. The average molecular weight is 563 g/mol. The number of hydrogen-bond acceptors (Lipinski definition) is 10. The van der Waals surface area contributed by atoms with Gasteiger partial charge in [-0.25, -0.2) is 4.79 Å². The van der Waals surface area contributed by atoms with Crippen molar-refractivity contribution in [1.82, 2.24) is 0 Å². The van der Waals surface area contributed by atoms with Gasteiger partial charge < -0.3 is 34.6 Å². The molecule has 6 unspecified atom stereocenters. The van der Waals surface area contributed by atoms with Crippen LogP contribution in [0.2, 0.25) is 0 Å². The fraction of sp³-hybridized carbons (Fsp3) is 0.387. The number of carbonyl (C=O) groups is 3. The van der Waals surface area contributed by atoms with Gasteiger partial charge in [-0.1, -0.05) is 26.0 Å². The lowest BCUT2D eigenvalue weighted by Gasteiger charge is -2.45. The van der Waals surface area contributed by atoms with Gasteiger partial charge in [0.05, 0.1) is 29.4 Å². The Labute approximate surface area is 235 Å². The second-order valence-electron chi connectivity index (χ2n) is 11.5. The Kier molecular flexibility index (Phi) is 5.89. The summed E-state index contributed by atoms with van der Waals surface area (Å²) in [7, 11) is 1.11. The lowest BCUT2D eigenvalue weighted by molar-refractivity contribution is -0.173. The molecule has 4 aliphatic rings. The van der Waals surface area contributed by atoms with Crippen molar-refractivity contribution in [3.63, 3.8) is 0 Å². The third-order valence-electron chi connectivity index (χ3n) is 8.86. The zero-order valence-corrected chi connectivity index (χ0v) is 22.9. The van der Waals surface area contributed by atoms with Gasteiger partial charge in [-0.15, -0.1) is 0 Å². The highest BCUT2D eigenvalue weighted by Crippen LogP contribution is 2.50. The molecule has 0 bridgehead atoms. The maximum Gasteiger partial charge on any atom is 0.358 e. The van der Waals surface area contributed by atoms with Gasteiger partial charge in [0.25, 0.3) is 5.60 Å². The van der Waals surface area contributed by atoms with Gasteiger partial charge in [0, 0.05) is 12.8 Å². The third-order valence-corrected chi connectivity index (χ3v) is 8.86. The second-order valence-corrected chi connectivity index (χ2v) is 11.5. The summed E-state index contributed by atoms with van der Waals surface area (Å²) in [6.45, 7) is 4.95. The van der Waals surface area contributed by atoms with Gasteiger partial charge in [-0.3, -0.25) is 9.59 Å². The highest BCUT2D eigenvalue weighted by atomic mass is 16.6. The van der Waals surface area contributed by atoms with Gasteiger partial charge >= 0.3 is 5.97 Å². The fourth-order valence-corrected chi connectivity index (χ4v) is 6.69. The van der Waals surface area contributed by atoms with E-state index in [2.05, 4.69) is 0 Å². The van der Waals surface area contributed by atoms with Crippen molar-refractivity contribution in [2.24, 2.45) is 11.8 Å². The molecule has 0 spiro atoms. The number of aliphatic hydroxyl groups is 4. The van der Waals surface area contributed by atoms with Crippen LogP contribution in [0.5, 0.6) is 11.5 Å². The minimum Gasteiger partial charge on any atom is -0.507 e. The molecule has 4 N–H and O–H groups in total. The van der Waals surface area contributed by atoms with E-state index in [0.717, 1.165) is 7.11 Å². The number of rotatable bonds is 2. The summed E-state index contributed by atoms with van der Waals surface area (Å²) in [5.74, 6) is -3.21. The molecule has 2 aliphatic carbocycles. The van der Waals surface area contributed by atoms with Gasteiger partial charge in [-0.05, 0) is 54.2 Å². The van der Waals surface area contributed by atoms with Crippen LogP contribution in [0.3, 0.4) is 0 Å². The number of aliphatic hydroxyl groups excluding tert-OH is 4. The largest absolute Gasteiger partial charge is 0.507 e. The van der Waals surface area contributed by atoms with E-state index in [-0.39, 0.29) is 58.3 Å². The van der Waals surface area contributed by atoms with Crippen molar-refractivity contribution in [3.8, 4) is 22.6 Å². The minimum absolute atomic E-state index is 0.0247. The van der Waals surface area contributed by atoms with E-state index in [1.807, 2.05) is 0 Å². The molecule has 10 nitrogen and oxygen atoms in total. The van der Waals surface area contributed by atoms with Crippen LogP contribution < -0.4 is 9.47 Å². The minimum atomic E-state index is -2.20. The number of hydrogen-bond donors (Lipinski definition) is 4. The van der Waals surface area contributed by atoms with Crippen LogP contribution in [0.25, 0.3) is 22.6 Å². The van der Waals surface area contributed by atoms with Crippen molar-refractivity contribution in [1.29, 1.82) is 0 Å². The first-order valence-electron chi connectivity index (χ1n) is 13.4. The number of carbonyl (C=O) groups excluding carboxylic acids is 3. The molecule has 2 fully saturated rings. The highest BCUT2D eigenvalue weighted by Gasteiger charge is 2.62. The molecule has 10 heteroatoms. The number of methoxy groups -OCH3 is 1. The normalized spacial score (nSPS) is 32.2. The molecule has 2 aromatic carbocycles. The quantitative estimate of drug-likeness (QED) is 0.400. The molecule has 2 aromatic rings. The van der Waals surface area contributed by atoms with Crippen LogP contribution in [0.15, 0.2) is 47.5 Å². The number of ketones is 2. The molecule has 0 amide bonds. The van der Waals surface area contributed by atoms with Crippen molar-refractivity contribution < 1.29 is 49.0 Å². The maximum absolute atomic E-state index is 13.1. The molecule has 2 aliphatic heterocycles. The van der Waals surface area contributed by atoms with Crippen LogP contribution in [0.4, 0.5) is 0 Å². The molecule has 0 aromatic heterocycles. The SMILES string of the molecule is COC(=O)C12Oc3ccc(-c4ccc5c(c4)C(O)=C4C(=O)CC(C)C(O)C4(C)O5)cc3C(O)=C1C(=O)CC(C)C2O. The standard InChI is InChI=1S/C31H30O10/c1-13-9-19(32)23-25(34)17-11-15(5-7-21(17)40-30(23,3)27(13)36)16-6-8-22-18(12-16)26(35)24-20(33)10-14(2)28(37)31(24,41-22)29(38)39-4/h5-8,11-14,27-28,34-37H,9-10H2,1-4H3. The topological polar surface area (TPSA) is 160 Å². The van der Waals surface area contributed by atoms with Crippen LogP contribution in [0.1, 0.15) is 44.7 Å². The number of benzene rings is 2. The molecular weight excluding hydrogens is 532 g/mol. The number of ether oxygens (including phenoxy) is 3. The van der Waals surface area contributed by atoms with Crippen molar-refractivity contribution in [3.05, 3.63) is 58.7 Å². The smallest absolute Gasteiger partial charge is 0.358 e. The molecule has 6 atom stereocenters. The van der Waals surface area contributed by atoms with Crippen molar-refractivity contribution >= 4 is 29.1 Å². The van der Waals surface area contributed by atoms with E-state index in [0.29, 0.717) is 16.9 Å². The van der Waals surface area contributed by atoms with Gasteiger partial charge in [-0.2, -0.15) is 0 Å². The molecule has 2 saturated carbocycles. The van der Waals surface area contributed by atoms with Gasteiger partial charge in [0.2, 0.25) is 0 Å². The molecule has 214 valence electrons. The molecular formula is C31H30O10. The third kappa shape index (κ3) is 3.53. The second kappa shape index (κ2) is 8.92. The highest BCUT2D eigenvalue weighted by molar-refractivity contribution is 6.12. The monoisotopic (exact) mass is 562 g/mol. The zero-order valence-electron chi connectivity index (χ0n) is 22.9. The Hall–Kier alpha value is -4.15. The van der Waals surface area contributed by atoms with E-state index in [9.17, 15) is 34.8 Å². The molecule has 0 saturated heterocycles. The number of esters is 1.